The Balaban J connectivity index is 3.31. The fourth-order valence-corrected chi connectivity index (χ4v) is 2.61. The fraction of sp³-hybridized carbons (Fsp3) is 0.273. The number of hydrogen-bond donors (Lipinski definition) is 1. The third kappa shape index (κ3) is 2.33. The first kappa shape index (κ1) is 11.7. The Hall–Kier alpha value is -1.42. The van der Waals surface area contributed by atoms with E-state index in [4.69, 9.17) is 0 Å². The normalized spacial score (nSPS) is 10.6. The Labute approximate surface area is 93.5 Å². The Morgan fingerprint density at radius 1 is 1.60 bits per heavy atom. The third-order valence-corrected chi connectivity index (χ3v) is 3.20. The lowest BCUT2D eigenvalue weighted by atomic mass is 10.1. The van der Waals surface area contributed by atoms with Gasteiger partial charge < -0.3 is 5.32 Å². The van der Waals surface area contributed by atoms with E-state index >= 15 is 0 Å². The van der Waals surface area contributed by atoms with Gasteiger partial charge in [-0.3, -0.25) is 9.79 Å². The number of allylic oxidation sites excluding steroid dienone is 1. The van der Waals surface area contributed by atoms with E-state index in [1.807, 2.05) is 13.8 Å². The van der Waals surface area contributed by atoms with E-state index in [-0.39, 0.29) is 0 Å². The molecule has 15 heavy (non-hydrogen) atoms. The Bertz CT molecular complexity index is 418. The second-order valence-corrected chi connectivity index (χ2v) is 4.28. The minimum atomic E-state index is 0.685. The zero-order valence-electron chi connectivity index (χ0n) is 9.13. The molecule has 0 bridgehead atoms. The maximum absolute atomic E-state index is 10.5. The van der Waals surface area contributed by atoms with Crippen molar-refractivity contribution in [2.24, 2.45) is 4.99 Å². The van der Waals surface area contributed by atoms with Gasteiger partial charge in [-0.15, -0.1) is 11.3 Å². The average molecular weight is 222 g/mol. The van der Waals surface area contributed by atoms with Crippen molar-refractivity contribution in [1.29, 1.82) is 0 Å². The summed E-state index contributed by atoms with van der Waals surface area (Å²) in [6.07, 6.45) is 2.48. The molecule has 3 nitrogen and oxygen atoms in total. The van der Waals surface area contributed by atoms with E-state index < -0.39 is 0 Å². The summed E-state index contributed by atoms with van der Waals surface area (Å²) in [6.45, 7) is 7.84. The van der Waals surface area contributed by atoms with Crippen LogP contribution in [-0.2, 0) is 4.79 Å². The Morgan fingerprint density at radius 3 is 2.73 bits per heavy atom. The lowest BCUT2D eigenvalue weighted by Crippen LogP contribution is -1.94. The van der Waals surface area contributed by atoms with Gasteiger partial charge in [0.05, 0.1) is 4.88 Å². The van der Waals surface area contributed by atoms with Crippen LogP contribution in [0, 0.1) is 6.92 Å². The number of thiophene rings is 1. The molecule has 0 fully saturated rings. The zero-order valence-corrected chi connectivity index (χ0v) is 9.94. The molecule has 0 spiro atoms. The van der Waals surface area contributed by atoms with Gasteiger partial charge in [0.2, 0.25) is 6.41 Å². The van der Waals surface area contributed by atoms with Crippen LogP contribution in [0.3, 0.4) is 0 Å². The molecule has 80 valence electrons. The van der Waals surface area contributed by atoms with Gasteiger partial charge in [-0.1, -0.05) is 6.58 Å². The van der Waals surface area contributed by atoms with Crippen molar-refractivity contribution < 1.29 is 4.79 Å². The average Bonchev–Trinajstić information content (AvgIpc) is 2.45. The molecule has 0 aliphatic rings. The highest BCUT2D eigenvalue weighted by molar-refractivity contribution is 7.18. The SMILES string of the molecule is C=C(C)c1c(NC=O)sc(/C=N/C)c1C. The van der Waals surface area contributed by atoms with Gasteiger partial charge in [-0.2, -0.15) is 0 Å². The van der Waals surface area contributed by atoms with Gasteiger partial charge in [-0.05, 0) is 25.0 Å². The van der Waals surface area contributed by atoms with Crippen LogP contribution >= 0.6 is 11.3 Å². The second-order valence-electron chi connectivity index (χ2n) is 3.23. The molecule has 4 heteroatoms. The van der Waals surface area contributed by atoms with Crippen molar-refractivity contribution >= 4 is 34.5 Å². The number of aliphatic imine (C=N–C) groups is 1. The molecule has 1 N–H and O–H groups in total. The van der Waals surface area contributed by atoms with E-state index in [0.29, 0.717) is 6.41 Å². The van der Waals surface area contributed by atoms with E-state index in [1.165, 1.54) is 11.3 Å². The number of anilines is 1. The smallest absolute Gasteiger partial charge is 0.212 e. The summed E-state index contributed by atoms with van der Waals surface area (Å²) in [5, 5.41) is 3.53. The van der Waals surface area contributed by atoms with Crippen LogP contribution in [-0.4, -0.2) is 19.7 Å². The standard InChI is InChI=1S/C11H14N2OS/c1-7(2)10-8(3)9(5-12-4)15-11(10)13-6-14/h5-6H,1H2,2-4H3,(H,13,14)/b12-5+. The summed E-state index contributed by atoms with van der Waals surface area (Å²) >= 11 is 1.51. The van der Waals surface area contributed by atoms with E-state index in [2.05, 4.69) is 16.9 Å². The van der Waals surface area contributed by atoms with Crippen molar-refractivity contribution in [3.63, 3.8) is 0 Å². The van der Waals surface area contributed by atoms with Crippen molar-refractivity contribution in [2.75, 3.05) is 12.4 Å². The highest BCUT2D eigenvalue weighted by Gasteiger charge is 2.13. The molecule has 0 radical (unpaired) electrons. The Kier molecular flexibility index (Phi) is 3.80. The van der Waals surface area contributed by atoms with Gasteiger partial charge in [0.1, 0.15) is 5.00 Å². The molecule has 1 aromatic heterocycles. The summed E-state index contributed by atoms with van der Waals surface area (Å²) in [5.41, 5.74) is 3.08. The fourth-order valence-electron chi connectivity index (χ4n) is 1.44. The largest absolute Gasteiger partial charge is 0.320 e. The van der Waals surface area contributed by atoms with E-state index in [0.717, 1.165) is 26.6 Å². The van der Waals surface area contributed by atoms with Crippen LogP contribution in [0.5, 0.6) is 0 Å². The minimum absolute atomic E-state index is 0.685. The number of rotatable bonds is 4. The summed E-state index contributed by atoms with van der Waals surface area (Å²) in [4.78, 5) is 15.5. The van der Waals surface area contributed by atoms with Crippen molar-refractivity contribution in [3.05, 3.63) is 22.6 Å². The highest BCUT2D eigenvalue weighted by Crippen LogP contribution is 2.35. The van der Waals surface area contributed by atoms with Crippen LogP contribution < -0.4 is 5.32 Å². The molecule has 0 unspecified atom stereocenters. The molecule has 0 aromatic carbocycles. The summed E-state index contributed by atoms with van der Waals surface area (Å²) in [6, 6.07) is 0. The molecule has 1 aromatic rings. The number of carbonyl (C=O) groups excluding carboxylic acids is 1. The maximum atomic E-state index is 10.5. The van der Waals surface area contributed by atoms with Crippen LogP contribution in [0.2, 0.25) is 0 Å². The van der Waals surface area contributed by atoms with Crippen LogP contribution in [0.25, 0.3) is 5.57 Å². The van der Waals surface area contributed by atoms with Gasteiger partial charge in [0, 0.05) is 18.8 Å². The molecule has 0 saturated carbocycles. The van der Waals surface area contributed by atoms with E-state index in [1.54, 1.807) is 13.3 Å². The van der Waals surface area contributed by atoms with Crippen LogP contribution in [0.15, 0.2) is 11.6 Å². The lowest BCUT2D eigenvalue weighted by molar-refractivity contribution is -0.105. The molecule has 1 heterocycles. The molecule has 0 saturated heterocycles. The first-order chi connectivity index (χ1) is 7.11. The monoisotopic (exact) mass is 222 g/mol. The van der Waals surface area contributed by atoms with Gasteiger partial charge in [-0.25, -0.2) is 0 Å². The second kappa shape index (κ2) is 4.89. The molecule has 0 atom stereocenters. The number of amides is 1. The predicted octanol–water partition coefficient (Wildman–Crippen LogP) is 2.71. The molecular weight excluding hydrogens is 208 g/mol. The molecule has 1 amide bonds. The Morgan fingerprint density at radius 2 is 2.27 bits per heavy atom. The minimum Gasteiger partial charge on any atom is -0.320 e. The lowest BCUT2D eigenvalue weighted by Gasteiger charge is -2.02. The van der Waals surface area contributed by atoms with Gasteiger partial charge in [0.25, 0.3) is 0 Å². The quantitative estimate of drug-likeness (QED) is 0.617. The van der Waals surface area contributed by atoms with Crippen molar-refractivity contribution in [3.8, 4) is 0 Å². The molecular formula is C11H14N2OS. The summed E-state index contributed by atoms with van der Waals surface area (Å²) in [5.74, 6) is 0. The first-order valence-corrected chi connectivity index (χ1v) is 5.35. The number of nitrogens with one attached hydrogen (secondary N) is 1. The summed E-state index contributed by atoms with van der Waals surface area (Å²) < 4.78 is 0. The van der Waals surface area contributed by atoms with Gasteiger partial charge in [0.15, 0.2) is 0 Å². The number of nitrogens with zero attached hydrogens (tertiary/aromatic N) is 1. The first-order valence-electron chi connectivity index (χ1n) is 4.53. The van der Waals surface area contributed by atoms with Crippen molar-refractivity contribution in [2.45, 2.75) is 13.8 Å². The zero-order chi connectivity index (χ0) is 11.4. The number of hydrogen-bond acceptors (Lipinski definition) is 3. The van der Waals surface area contributed by atoms with E-state index in [9.17, 15) is 4.79 Å². The summed E-state index contributed by atoms with van der Waals surface area (Å²) in [7, 11) is 1.73. The molecule has 0 aliphatic heterocycles. The maximum Gasteiger partial charge on any atom is 0.212 e. The third-order valence-electron chi connectivity index (χ3n) is 2.05. The van der Waals surface area contributed by atoms with Crippen LogP contribution in [0.1, 0.15) is 22.9 Å². The highest BCUT2D eigenvalue weighted by atomic mass is 32.1. The van der Waals surface area contributed by atoms with Gasteiger partial charge >= 0.3 is 0 Å². The van der Waals surface area contributed by atoms with Crippen molar-refractivity contribution in [1.82, 2.24) is 0 Å². The molecule has 1 rings (SSSR count). The topological polar surface area (TPSA) is 41.5 Å². The van der Waals surface area contributed by atoms with Crippen LogP contribution in [0.4, 0.5) is 5.00 Å². The predicted molar refractivity (Wildman–Crippen MR) is 67.0 cm³/mol. The number of carbonyl (C=O) groups is 1. The molecule has 0 aliphatic carbocycles.